The zero-order chi connectivity index (χ0) is 18.3. The number of halogens is 1. The van der Waals surface area contributed by atoms with Gasteiger partial charge in [-0.3, -0.25) is 0 Å². The molecule has 0 heterocycles. The Kier molecular flexibility index (Phi) is 4.67. The lowest BCUT2D eigenvalue weighted by Crippen LogP contribution is -2.13. The highest BCUT2D eigenvalue weighted by molar-refractivity contribution is 6.30. The minimum Gasteiger partial charge on any atom is -0.507 e. The number of benzene rings is 3. The number of hydrogen-bond donors (Lipinski definition) is 1. The maximum Gasteiger partial charge on any atom is 0.122 e. The van der Waals surface area contributed by atoms with Crippen LogP contribution < -0.4 is 0 Å². The van der Waals surface area contributed by atoms with Crippen LogP contribution in [0.15, 0.2) is 48.5 Å². The first-order chi connectivity index (χ1) is 12.6. The van der Waals surface area contributed by atoms with Gasteiger partial charge in [-0.15, -0.1) is 0 Å². The Balaban J connectivity index is 1.63. The molecule has 2 heteroatoms. The van der Waals surface area contributed by atoms with E-state index in [0.29, 0.717) is 17.6 Å². The minimum absolute atomic E-state index is 0.446. The summed E-state index contributed by atoms with van der Waals surface area (Å²) in [6, 6.07) is 16.7. The van der Waals surface area contributed by atoms with Gasteiger partial charge in [-0.2, -0.15) is 0 Å². The van der Waals surface area contributed by atoms with Crippen LogP contribution in [0.4, 0.5) is 0 Å². The van der Waals surface area contributed by atoms with Gasteiger partial charge in [0.15, 0.2) is 0 Å². The van der Waals surface area contributed by atoms with Gasteiger partial charge in [-0.05, 0) is 91.0 Å². The zero-order valence-electron chi connectivity index (χ0n) is 15.4. The Morgan fingerprint density at radius 3 is 1.92 bits per heavy atom. The molecule has 1 nitrogen and oxygen atoms in total. The van der Waals surface area contributed by atoms with Crippen molar-refractivity contribution < 1.29 is 5.11 Å². The van der Waals surface area contributed by atoms with Gasteiger partial charge in [0.2, 0.25) is 0 Å². The molecule has 1 aliphatic rings. The number of phenols is 1. The van der Waals surface area contributed by atoms with Crippen LogP contribution in [0.5, 0.6) is 5.75 Å². The largest absolute Gasteiger partial charge is 0.507 e. The minimum atomic E-state index is 0.446. The normalized spacial score (nSPS) is 20.4. The third-order valence-electron chi connectivity index (χ3n) is 6.23. The molecule has 0 aliphatic heterocycles. The molecule has 0 atom stereocenters. The van der Waals surface area contributed by atoms with Crippen molar-refractivity contribution in [1.29, 1.82) is 0 Å². The molecule has 3 aromatic rings. The Morgan fingerprint density at radius 2 is 1.31 bits per heavy atom. The van der Waals surface area contributed by atoms with Crippen LogP contribution in [0.3, 0.4) is 0 Å². The molecule has 0 saturated heterocycles. The first-order valence-electron chi connectivity index (χ1n) is 9.52. The van der Waals surface area contributed by atoms with E-state index >= 15 is 0 Å². The maximum absolute atomic E-state index is 10.9. The summed E-state index contributed by atoms with van der Waals surface area (Å²) in [4.78, 5) is 0. The molecular formula is C24H25ClO. The summed E-state index contributed by atoms with van der Waals surface area (Å²) in [5.74, 6) is 1.56. The predicted octanol–water partition coefficient (Wildman–Crippen LogP) is 7.26. The van der Waals surface area contributed by atoms with Crippen LogP contribution in [0.2, 0.25) is 5.02 Å². The molecule has 0 radical (unpaired) electrons. The molecule has 1 saturated carbocycles. The molecule has 0 spiro atoms. The maximum atomic E-state index is 10.9. The summed E-state index contributed by atoms with van der Waals surface area (Å²) in [7, 11) is 0. The van der Waals surface area contributed by atoms with Crippen molar-refractivity contribution in [2.24, 2.45) is 0 Å². The highest BCUT2D eigenvalue weighted by atomic mass is 35.5. The predicted molar refractivity (Wildman–Crippen MR) is 110 cm³/mol. The van der Waals surface area contributed by atoms with Gasteiger partial charge in [0.25, 0.3) is 0 Å². The highest BCUT2D eigenvalue weighted by Crippen LogP contribution is 2.46. The monoisotopic (exact) mass is 364 g/mol. The molecule has 0 bridgehead atoms. The fraction of sp³-hybridized carbons (Fsp3) is 0.333. The second-order valence-electron chi connectivity index (χ2n) is 7.66. The fourth-order valence-electron chi connectivity index (χ4n) is 4.74. The van der Waals surface area contributed by atoms with Crippen LogP contribution in [0.25, 0.3) is 10.8 Å². The molecule has 0 unspecified atom stereocenters. The summed E-state index contributed by atoms with van der Waals surface area (Å²) >= 11 is 6.02. The van der Waals surface area contributed by atoms with E-state index in [0.717, 1.165) is 36.3 Å². The average molecular weight is 365 g/mol. The lowest BCUT2D eigenvalue weighted by molar-refractivity contribution is 0.380. The second-order valence-corrected chi connectivity index (χ2v) is 8.09. The first kappa shape index (κ1) is 17.4. The summed E-state index contributed by atoms with van der Waals surface area (Å²) < 4.78 is 0. The number of phenolic OH excluding ortho intramolecular Hbond substituents is 1. The molecule has 1 aliphatic carbocycles. The van der Waals surface area contributed by atoms with Crippen molar-refractivity contribution >= 4 is 22.4 Å². The van der Waals surface area contributed by atoms with Crippen LogP contribution in [0.1, 0.15) is 59.8 Å². The van der Waals surface area contributed by atoms with E-state index in [1.807, 2.05) is 25.1 Å². The second kappa shape index (κ2) is 6.96. The third-order valence-corrected chi connectivity index (χ3v) is 6.48. The average Bonchev–Trinajstić information content (AvgIpc) is 2.68. The number of fused-ring (bicyclic) bond motifs is 1. The van der Waals surface area contributed by atoms with Gasteiger partial charge in [0, 0.05) is 10.6 Å². The van der Waals surface area contributed by atoms with Crippen molar-refractivity contribution in [3.8, 4) is 5.75 Å². The Labute approximate surface area is 160 Å². The summed E-state index contributed by atoms with van der Waals surface area (Å²) in [5.41, 5.74) is 4.83. The lowest BCUT2D eigenvalue weighted by atomic mass is 9.74. The number of aryl methyl sites for hydroxylation is 2. The van der Waals surface area contributed by atoms with Crippen molar-refractivity contribution in [3.05, 3.63) is 75.8 Å². The van der Waals surface area contributed by atoms with Crippen LogP contribution >= 0.6 is 11.6 Å². The van der Waals surface area contributed by atoms with Gasteiger partial charge in [0.05, 0.1) is 0 Å². The molecule has 0 aromatic heterocycles. The van der Waals surface area contributed by atoms with Crippen molar-refractivity contribution in [3.63, 3.8) is 0 Å². The van der Waals surface area contributed by atoms with E-state index in [-0.39, 0.29) is 0 Å². The summed E-state index contributed by atoms with van der Waals surface area (Å²) in [6.07, 6.45) is 4.58. The number of aromatic hydroxyl groups is 1. The molecule has 26 heavy (non-hydrogen) atoms. The standard InChI is InChI=1S/C24H25ClO/c1-15-21-5-3-4-6-22(21)16(2)24(26)23(15)19-9-7-17(8-10-19)18-11-13-20(25)14-12-18/h3-6,11-14,17,19,26H,7-10H2,1-2H3. The number of hydrogen-bond acceptors (Lipinski definition) is 1. The SMILES string of the molecule is Cc1c(O)c(C2CCC(c3ccc(Cl)cc3)CC2)c(C)c2ccccc12. The summed E-state index contributed by atoms with van der Waals surface area (Å²) in [6.45, 7) is 4.21. The topological polar surface area (TPSA) is 20.2 Å². The van der Waals surface area contributed by atoms with Crippen LogP contribution in [-0.2, 0) is 0 Å². The highest BCUT2D eigenvalue weighted by Gasteiger charge is 2.27. The first-order valence-corrected chi connectivity index (χ1v) is 9.90. The van der Waals surface area contributed by atoms with E-state index < -0.39 is 0 Å². The van der Waals surface area contributed by atoms with Crippen LogP contribution in [0, 0.1) is 13.8 Å². The van der Waals surface area contributed by atoms with Crippen LogP contribution in [-0.4, -0.2) is 5.11 Å². The van der Waals surface area contributed by atoms with Crippen molar-refractivity contribution in [2.75, 3.05) is 0 Å². The lowest BCUT2D eigenvalue weighted by Gasteiger charge is -2.31. The summed E-state index contributed by atoms with van der Waals surface area (Å²) in [5, 5.41) is 14.2. The van der Waals surface area contributed by atoms with Gasteiger partial charge >= 0.3 is 0 Å². The van der Waals surface area contributed by atoms with Crippen molar-refractivity contribution in [2.45, 2.75) is 51.4 Å². The molecular weight excluding hydrogens is 340 g/mol. The Bertz CT molecular complexity index is 935. The van der Waals surface area contributed by atoms with Gasteiger partial charge < -0.3 is 5.11 Å². The smallest absolute Gasteiger partial charge is 0.122 e. The third kappa shape index (κ3) is 2.99. The van der Waals surface area contributed by atoms with E-state index in [9.17, 15) is 5.11 Å². The molecule has 0 amide bonds. The van der Waals surface area contributed by atoms with Gasteiger partial charge in [-0.1, -0.05) is 48.0 Å². The molecule has 1 fully saturated rings. The Hall–Kier alpha value is -1.99. The molecule has 1 N–H and O–H groups in total. The number of rotatable bonds is 2. The van der Waals surface area contributed by atoms with Gasteiger partial charge in [0.1, 0.15) is 5.75 Å². The zero-order valence-corrected chi connectivity index (χ0v) is 16.2. The molecule has 3 aromatic carbocycles. The quantitative estimate of drug-likeness (QED) is 0.507. The Morgan fingerprint density at radius 1 is 0.769 bits per heavy atom. The van der Waals surface area contributed by atoms with E-state index in [4.69, 9.17) is 11.6 Å². The van der Waals surface area contributed by atoms with E-state index in [2.05, 4.69) is 37.3 Å². The molecule has 134 valence electrons. The van der Waals surface area contributed by atoms with E-state index in [1.165, 1.54) is 27.5 Å². The van der Waals surface area contributed by atoms with Gasteiger partial charge in [-0.25, -0.2) is 0 Å². The van der Waals surface area contributed by atoms with E-state index in [1.54, 1.807) is 0 Å². The fourth-order valence-corrected chi connectivity index (χ4v) is 4.87. The molecule has 4 rings (SSSR count). The van der Waals surface area contributed by atoms with Crippen molar-refractivity contribution in [1.82, 2.24) is 0 Å².